The number of hydrogen-bond donors (Lipinski definition) is 2. The lowest BCUT2D eigenvalue weighted by Gasteiger charge is -1.94. The van der Waals surface area contributed by atoms with Crippen molar-refractivity contribution in [2.45, 2.75) is 20.3 Å². The van der Waals surface area contributed by atoms with Gasteiger partial charge in [0.1, 0.15) is 0 Å². The molecule has 0 amide bonds. The zero-order valence-electron chi connectivity index (χ0n) is 13.1. The fourth-order valence-electron chi connectivity index (χ4n) is 1.45. The lowest BCUT2D eigenvalue weighted by molar-refractivity contribution is -0.104. The summed E-state index contributed by atoms with van der Waals surface area (Å²) in [7, 11) is 0. The number of nitrogen functional groups attached to an aromatic ring is 1. The largest absolute Gasteiger partial charge is 0.399 e. The molecule has 1 aromatic carbocycles. The molecule has 0 aromatic heterocycles. The van der Waals surface area contributed by atoms with Gasteiger partial charge in [0, 0.05) is 23.3 Å². The predicted molar refractivity (Wildman–Crippen MR) is 100 cm³/mol. The van der Waals surface area contributed by atoms with E-state index in [1.54, 1.807) is 6.08 Å². The molecule has 0 atom stereocenters. The molecule has 0 aliphatic heterocycles. The molecular formula is C17H24BrN3O. The maximum atomic E-state index is 10.4. The Morgan fingerprint density at radius 3 is 2.64 bits per heavy atom. The Hall–Kier alpha value is -1.72. The van der Waals surface area contributed by atoms with Gasteiger partial charge in [-0.2, -0.15) is 0 Å². The maximum Gasteiger partial charge on any atom is 0.168 e. The van der Waals surface area contributed by atoms with Gasteiger partial charge in [0.05, 0.1) is 5.70 Å². The summed E-state index contributed by atoms with van der Waals surface area (Å²) >= 11 is 3.25. The van der Waals surface area contributed by atoms with Crippen LogP contribution in [-0.2, 0) is 4.79 Å². The molecule has 22 heavy (non-hydrogen) atoms. The predicted octanol–water partition coefficient (Wildman–Crippen LogP) is 3.58. The molecule has 0 saturated heterocycles. The molecule has 5 heteroatoms. The number of rotatable bonds is 6. The number of hydrogen-bond acceptors (Lipinski definition) is 4. The Balaban J connectivity index is 0.000000401. The van der Waals surface area contributed by atoms with Crippen molar-refractivity contribution in [1.29, 1.82) is 0 Å². The first-order valence-corrected chi connectivity index (χ1v) is 8.17. The summed E-state index contributed by atoms with van der Waals surface area (Å²) in [6.45, 7) is 4.42. The van der Waals surface area contributed by atoms with E-state index in [4.69, 9.17) is 11.5 Å². The van der Waals surface area contributed by atoms with Crippen LogP contribution in [0.1, 0.15) is 25.8 Å². The van der Waals surface area contributed by atoms with Crippen LogP contribution in [0.4, 0.5) is 5.69 Å². The fraction of sp³-hybridized carbons (Fsp3) is 0.294. The van der Waals surface area contributed by atoms with Crippen molar-refractivity contribution in [2.24, 2.45) is 10.7 Å². The summed E-state index contributed by atoms with van der Waals surface area (Å²) in [5.74, 6) is 0. The zero-order chi connectivity index (χ0) is 16.8. The molecule has 0 aliphatic rings. The van der Waals surface area contributed by atoms with Crippen LogP contribution >= 0.6 is 15.9 Å². The monoisotopic (exact) mass is 365 g/mol. The van der Waals surface area contributed by atoms with Crippen LogP contribution < -0.4 is 11.5 Å². The number of aliphatic imine (C=N–C) groups is 1. The zero-order valence-corrected chi connectivity index (χ0v) is 14.7. The van der Waals surface area contributed by atoms with Crippen LogP contribution in [0, 0.1) is 0 Å². The van der Waals surface area contributed by atoms with Crippen molar-refractivity contribution < 1.29 is 4.79 Å². The van der Waals surface area contributed by atoms with Crippen LogP contribution in [0.5, 0.6) is 0 Å². The van der Waals surface area contributed by atoms with Gasteiger partial charge in [-0.3, -0.25) is 9.79 Å². The molecule has 0 radical (unpaired) electrons. The summed E-state index contributed by atoms with van der Waals surface area (Å²) in [4.78, 5) is 14.4. The van der Waals surface area contributed by atoms with E-state index < -0.39 is 0 Å². The number of allylic oxidation sites excluding steroid dienone is 2. The summed E-state index contributed by atoms with van der Waals surface area (Å²) in [5, 5.41) is 0.710. The van der Waals surface area contributed by atoms with Crippen LogP contribution in [0.3, 0.4) is 0 Å². The van der Waals surface area contributed by atoms with Gasteiger partial charge in [0.25, 0.3) is 0 Å². The molecule has 0 spiro atoms. The van der Waals surface area contributed by atoms with Crippen LogP contribution in [-0.4, -0.2) is 23.9 Å². The van der Waals surface area contributed by atoms with Gasteiger partial charge in [-0.25, -0.2) is 0 Å². The van der Waals surface area contributed by atoms with Crippen molar-refractivity contribution in [3.05, 3.63) is 47.7 Å². The standard InChI is InChI=1S/C9H12N2.C8H12BrNO/c10-6-2-4-8-3-1-5-9(11)7-8;1-3-4-8(6-11)10-7(2)5-9/h1-5,7H,6,10-11H2;4,6H,3,5H2,1-2H3/b4-2+;8-4-,10-7?. The molecule has 0 fully saturated rings. The van der Waals surface area contributed by atoms with Crippen molar-refractivity contribution in [1.82, 2.24) is 0 Å². The second-order valence-electron chi connectivity index (χ2n) is 4.44. The number of nitrogens with two attached hydrogens (primary N) is 2. The number of nitrogens with zero attached hydrogens (tertiary/aromatic N) is 1. The summed E-state index contributed by atoms with van der Waals surface area (Å²) in [6.07, 6.45) is 7.27. The van der Waals surface area contributed by atoms with Gasteiger partial charge in [-0.1, -0.05) is 53.2 Å². The molecule has 0 aliphatic carbocycles. The Bertz CT molecular complexity index is 536. The van der Waals surface area contributed by atoms with E-state index in [0.717, 1.165) is 29.7 Å². The number of anilines is 1. The second kappa shape index (κ2) is 13.0. The van der Waals surface area contributed by atoms with E-state index in [1.807, 2.05) is 50.3 Å². The molecule has 0 bridgehead atoms. The van der Waals surface area contributed by atoms with E-state index in [2.05, 4.69) is 20.9 Å². The Morgan fingerprint density at radius 1 is 1.41 bits per heavy atom. The van der Waals surface area contributed by atoms with Crippen molar-refractivity contribution in [3.8, 4) is 0 Å². The second-order valence-corrected chi connectivity index (χ2v) is 5.00. The van der Waals surface area contributed by atoms with Gasteiger partial charge < -0.3 is 11.5 Å². The van der Waals surface area contributed by atoms with Crippen molar-refractivity contribution in [3.63, 3.8) is 0 Å². The quantitative estimate of drug-likeness (QED) is 0.265. The fourth-order valence-corrected chi connectivity index (χ4v) is 1.57. The molecule has 4 nitrogen and oxygen atoms in total. The van der Waals surface area contributed by atoms with E-state index in [1.165, 1.54) is 0 Å². The van der Waals surface area contributed by atoms with Crippen LogP contribution in [0.25, 0.3) is 6.08 Å². The van der Waals surface area contributed by atoms with Crippen molar-refractivity contribution in [2.75, 3.05) is 17.6 Å². The summed E-state index contributed by atoms with van der Waals surface area (Å²) < 4.78 is 0. The molecule has 0 saturated carbocycles. The Morgan fingerprint density at radius 2 is 2.14 bits per heavy atom. The molecule has 0 heterocycles. The normalized spacial score (nSPS) is 12.0. The Labute approximate surface area is 141 Å². The number of aldehydes is 1. The molecule has 0 unspecified atom stereocenters. The number of benzene rings is 1. The molecular weight excluding hydrogens is 342 g/mol. The SMILES string of the molecule is CC/C=C(/C=O)N=C(C)CBr.NC/C=C/c1cccc(N)c1. The Kier molecular flexibility index (Phi) is 12.0. The highest BCUT2D eigenvalue weighted by atomic mass is 79.9. The van der Waals surface area contributed by atoms with E-state index in [0.29, 0.717) is 17.6 Å². The first-order chi connectivity index (χ1) is 10.6. The lowest BCUT2D eigenvalue weighted by Crippen LogP contribution is -1.93. The summed E-state index contributed by atoms with van der Waals surface area (Å²) in [6, 6.07) is 7.68. The minimum absolute atomic E-state index is 0.518. The average molecular weight is 366 g/mol. The molecule has 4 N–H and O–H groups in total. The third-order valence-electron chi connectivity index (χ3n) is 2.40. The van der Waals surface area contributed by atoms with E-state index >= 15 is 0 Å². The minimum Gasteiger partial charge on any atom is -0.399 e. The van der Waals surface area contributed by atoms with Gasteiger partial charge in [0.15, 0.2) is 6.29 Å². The average Bonchev–Trinajstić information content (AvgIpc) is 2.53. The smallest absolute Gasteiger partial charge is 0.168 e. The number of halogens is 1. The third-order valence-corrected chi connectivity index (χ3v) is 3.22. The van der Waals surface area contributed by atoms with E-state index in [-0.39, 0.29) is 0 Å². The van der Waals surface area contributed by atoms with Gasteiger partial charge in [-0.05, 0) is 31.0 Å². The van der Waals surface area contributed by atoms with E-state index in [9.17, 15) is 4.79 Å². The first-order valence-electron chi connectivity index (χ1n) is 7.04. The van der Waals surface area contributed by atoms with Crippen LogP contribution in [0.15, 0.2) is 47.1 Å². The van der Waals surface area contributed by atoms with Crippen molar-refractivity contribution >= 4 is 39.7 Å². The number of carbonyl (C=O) groups excluding carboxylic acids is 1. The highest BCUT2D eigenvalue weighted by Gasteiger charge is 1.91. The molecule has 1 rings (SSSR count). The number of alkyl halides is 1. The third kappa shape index (κ3) is 10.1. The first kappa shape index (κ1) is 20.3. The molecule has 120 valence electrons. The van der Waals surface area contributed by atoms with Crippen LogP contribution in [0.2, 0.25) is 0 Å². The summed E-state index contributed by atoms with van der Waals surface area (Å²) in [5.41, 5.74) is 14.2. The maximum absolute atomic E-state index is 10.4. The topological polar surface area (TPSA) is 81.5 Å². The molecule has 1 aromatic rings. The lowest BCUT2D eigenvalue weighted by atomic mass is 10.2. The minimum atomic E-state index is 0.518. The number of carbonyl (C=O) groups is 1. The van der Waals surface area contributed by atoms with Gasteiger partial charge in [0.2, 0.25) is 0 Å². The van der Waals surface area contributed by atoms with Gasteiger partial charge in [-0.15, -0.1) is 0 Å². The highest BCUT2D eigenvalue weighted by Crippen LogP contribution is 2.07. The van der Waals surface area contributed by atoms with Gasteiger partial charge >= 0.3 is 0 Å². The highest BCUT2D eigenvalue weighted by molar-refractivity contribution is 9.09.